The molecule has 23 heavy (non-hydrogen) atoms. The van der Waals surface area contributed by atoms with Crippen LogP contribution in [0.25, 0.3) is 0 Å². The summed E-state index contributed by atoms with van der Waals surface area (Å²) >= 11 is 0. The zero-order chi connectivity index (χ0) is 15.3. The van der Waals surface area contributed by atoms with Gasteiger partial charge in [0.2, 0.25) is 0 Å². The highest BCUT2D eigenvalue weighted by Gasteiger charge is 2.50. The highest BCUT2D eigenvalue weighted by atomic mass is 16.7. The fourth-order valence-electron chi connectivity index (χ4n) is 6.57. The van der Waals surface area contributed by atoms with Crippen molar-refractivity contribution < 1.29 is 4.84 Å². The van der Waals surface area contributed by atoms with E-state index in [1.807, 2.05) is 0 Å². The summed E-state index contributed by atoms with van der Waals surface area (Å²) in [5.74, 6) is 3.18. The summed E-state index contributed by atoms with van der Waals surface area (Å²) in [5.41, 5.74) is 3.62. The largest absolute Gasteiger partial charge is 0.299 e. The van der Waals surface area contributed by atoms with Gasteiger partial charge >= 0.3 is 0 Å². The van der Waals surface area contributed by atoms with E-state index in [-0.39, 0.29) is 0 Å². The predicted octanol–water partition coefficient (Wildman–Crippen LogP) is 4.58. The first-order valence-electron chi connectivity index (χ1n) is 9.73. The SMILES string of the molecule is c1ccc2c(c1)CCN(OCCC13CC4CC(CC(C4)C1)C3)C2. The summed E-state index contributed by atoms with van der Waals surface area (Å²) < 4.78 is 0. The highest BCUT2D eigenvalue weighted by Crippen LogP contribution is 2.61. The normalized spacial score (nSPS) is 38.7. The summed E-state index contributed by atoms with van der Waals surface area (Å²) in [4.78, 5) is 6.21. The van der Waals surface area contributed by atoms with Crippen molar-refractivity contribution >= 4 is 0 Å². The van der Waals surface area contributed by atoms with Crippen molar-refractivity contribution in [2.75, 3.05) is 13.2 Å². The van der Waals surface area contributed by atoms with E-state index in [2.05, 4.69) is 29.3 Å². The molecule has 4 aliphatic carbocycles. The second kappa shape index (κ2) is 5.60. The topological polar surface area (TPSA) is 12.5 Å². The van der Waals surface area contributed by atoms with Crippen molar-refractivity contribution in [2.24, 2.45) is 23.2 Å². The molecule has 1 aromatic carbocycles. The van der Waals surface area contributed by atoms with Crippen molar-refractivity contribution in [1.82, 2.24) is 5.06 Å². The zero-order valence-corrected chi connectivity index (χ0v) is 14.2. The Morgan fingerprint density at radius 1 is 0.957 bits per heavy atom. The lowest BCUT2D eigenvalue weighted by atomic mass is 9.49. The Bertz CT molecular complexity index is 546. The van der Waals surface area contributed by atoms with Crippen molar-refractivity contribution in [3.8, 4) is 0 Å². The first-order valence-corrected chi connectivity index (χ1v) is 9.73. The Labute approximate surface area is 140 Å². The lowest BCUT2D eigenvalue weighted by Crippen LogP contribution is -2.46. The van der Waals surface area contributed by atoms with E-state index in [0.29, 0.717) is 5.41 Å². The van der Waals surface area contributed by atoms with Crippen LogP contribution in [0.1, 0.15) is 56.1 Å². The number of hydrogen-bond donors (Lipinski definition) is 0. The van der Waals surface area contributed by atoms with Gasteiger partial charge in [0.1, 0.15) is 0 Å². The molecule has 2 heteroatoms. The van der Waals surface area contributed by atoms with Gasteiger partial charge in [-0.3, -0.25) is 4.84 Å². The molecule has 0 radical (unpaired) electrons. The summed E-state index contributed by atoms with van der Waals surface area (Å²) in [7, 11) is 0. The maximum Gasteiger partial charge on any atom is 0.0690 e. The van der Waals surface area contributed by atoms with Crippen molar-refractivity contribution in [3.63, 3.8) is 0 Å². The molecule has 4 fully saturated rings. The third-order valence-electron chi connectivity index (χ3n) is 7.17. The minimum Gasteiger partial charge on any atom is -0.299 e. The molecular weight excluding hydrogens is 282 g/mol. The molecule has 124 valence electrons. The van der Waals surface area contributed by atoms with E-state index in [1.165, 1.54) is 36.8 Å². The summed E-state index contributed by atoms with van der Waals surface area (Å²) in [6, 6.07) is 8.83. The van der Waals surface area contributed by atoms with E-state index >= 15 is 0 Å². The molecule has 5 aliphatic rings. The molecule has 4 bridgehead atoms. The van der Waals surface area contributed by atoms with Crippen molar-refractivity contribution in [1.29, 1.82) is 0 Å². The zero-order valence-electron chi connectivity index (χ0n) is 14.2. The van der Waals surface area contributed by atoms with Gasteiger partial charge < -0.3 is 0 Å². The van der Waals surface area contributed by atoms with Crippen LogP contribution in [0.15, 0.2) is 24.3 Å². The second-order valence-corrected chi connectivity index (χ2v) is 8.88. The Balaban J connectivity index is 1.17. The van der Waals surface area contributed by atoms with Gasteiger partial charge in [-0.25, -0.2) is 0 Å². The summed E-state index contributed by atoms with van der Waals surface area (Å²) in [6.07, 6.45) is 11.6. The standard InChI is InChI=1S/C21H29NO/c1-2-4-20-15-22(7-5-19(20)3-1)23-8-6-21-12-16-9-17(13-21)11-18(10-16)14-21/h1-4,16-18H,5-15H2. The van der Waals surface area contributed by atoms with E-state index < -0.39 is 0 Å². The summed E-state index contributed by atoms with van der Waals surface area (Å²) in [5, 5.41) is 2.21. The second-order valence-electron chi connectivity index (χ2n) is 8.88. The molecule has 1 aliphatic heterocycles. The maximum absolute atomic E-state index is 6.21. The summed E-state index contributed by atoms with van der Waals surface area (Å²) in [6.45, 7) is 2.96. The monoisotopic (exact) mass is 311 g/mol. The molecule has 6 rings (SSSR count). The molecule has 0 unspecified atom stereocenters. The third-order valence-corrected chi connectivity index (χ3v) is 7.17. The number of fused-ring (bicyclic) bond motifs is 1. The molecule has 0 spiro atoms. The van der Waals surface area contributed by atoms with Crippen LogP contribution in [0.2, 0.25) is 0 Å². The molecular formula is C21H29NO. The van der Waals surface area contributed by atoms with Crippen molar-refractivity contribution in [2.45, 2.75) is 57.9 Å². The van der Waals surface area contributed by atoms with Gasteiger partial charge in [-0.15, -0.1) is 0 Å². The average Bonchev–Trinajstić information content (AvgIpc) is 2.53. The highest BCUT2D eigenvalue weighted by molar-refractivity contribution is 5.28. The Morgan fingerprint density at radius 2 is 1.61 bits per heavy atom. The first-order chi connectivity index (χ1) is 11.3. The van der Waals surface area contributed by atoms with Crippen LogP contribution in [0.5, 0.6) is 0 Å². The van der Waals surface area contributed by atoms with Crippen LogP contribution in [0.3, 0.4) is 0 Å². The number of nitrogens with zero attached hydrogens (tertiary/aromatic N) is 1. The maximum atomic E-state index is 6.21. The van der Waals surface area contributed by atoms with Gasteiger partial charge in [0.25, 0.3) is 0 Å². The van der Waals surface area contributed by atoms with Gasteiger partial charge in [-0.1, -0.05) is 24.3 Å². The Hall–Kier alpha value is -0.860. The van der Waals surface area contributed by atoms with E-state index in [4.69, 9.17) is 4.84 Å². The fraction of sp³-hybridized carbons (Fsp3) is 0.714. The average molecular weight is 311 g/mol. The predicted molar refractivity (Wildman–Crippen MR) is 91.7 cm³/mol. The quantitative estimate of drug-likeness (QED) is 0.807. The van der Waals surface area contributed by atoms with Crippen LogP contribution in [0.4, 0.5) is 0 Å². The minimum absolute atomic E-state index is 0.655. The van der Waals surface area contributed by atoms with Gasteiger partial charge in [-0.05, 0) is 85.7 Å². The third kappa shape index (κ3) is 2.74. The first kappa shape index (κ1) is 14.5. The number of rotatable bonds is 4. The number of benzene rings is 1. The van der Waals surface area contributed by atoms with Crippen LogP contribution >= 0.6 is 0 Å². The lowest BCUT2D eigenvalue weighted by Gasteiger charge is -2.57. The number of hydrogen-bond acceptors (Lipinski definition) is 2. The molecule has 0 N–H and O–H groups in total. The molecule has 2 nitrogen and oxygen atoms in total. The fourth-order valence-corrected chi connectivity index (χ4v) is 6.57. The molecule has 0 atom stereocenters. The Kier molecular flexibility index (Phi) is 3.52. The van der Waals surface area contributed by atoms with E-state index in [0.717, 1.165) is 43.9 Å². The van der Waals surface area contributed by atoms with E-state index in [1.54, 1.807) is 19.3 Å². The molecule has 0 saturated heterocycles. The Morgan fingerprint density at radius 3 is 2.30 bits per heavy atom. The molecule has 4 saturated carbocycles. The molecule has 0 amide bonds. The van der Waals surface area contributed by atoms with Gasteiger partial charge in [0, 0.05) is 13.1 Å². The van der Waals surface area contributed by atoms with Gasteiger partial charge in [0.05, 0.1) is 6.61 Å². The number of hydroxylamine groups is 2. The minimum atomic E-state index is 0.655. The lowest BCUT2D eigenvalue weighted by molar-refractivity contribution is -0.183. The van der Waals surface area contributed by atoms with Crippen LogP contribution < -0.4 is 0 Å². The van der Waals surface area contributed by atoms with Crippen LogP contribution in [0, 0.1) is 23.2 Å². The molecule has 1 aromatic rings. The molecule has 1 heterocycles. The van der Waals surface area contributed by atoms with Gasteiger partial charge in [-0.2, -0.15) is 5.06 Å². The van der Waals surface area contributed by atoms with Gasteiger partial charge in [0.15, 0.2) is 0 Å². The van der Waals surface area contributed by atoms with Crippen molar-refractivity contribution in [3.05, 3.63) is 35.4 Å². The van der Waals surface area contributed by atoms with E-state index in [9.17, 15) is 0 Å². The molecule has 0 aromatic heterocycles. The smallest absolute Gasteiger partial charge is 0.0690 e. The van der Waals surface area contributed by atoms with Crippen LogP contribution in [-0.4, -0.2) is 18.2 Å². The van der Waals surface area contributed by atoms with Crippen LogP contribution in [-0.2, 0) is 17.8 Å².